The van der Waals surface area contributed by atoms with Crippen molar-refractivity contribution in [2.75, 3.05) is 11.9 Å². The van der Waals surface area contributed by atoms with Gasteiger partial charge in [-0.15, -0.1) is 0 Å². The second-order valence-electron chi connectivity index (χ2n) is 7.68. The molecule has 3 N–H and O–H groups in total. The van der Waals surface area contributed by atoms with Crippen LogP contribution in [0.5, 0.6) is 5.75 Å². The molecular weight excluding hydrogens is 452 g/mol. The number of anilines is 1. The number of benzene rings is 3. The van der Waals surface area contributed by atoms with E-state index < -0.39 is 10.0 Å². The van der Waals surface area contributed by atoms with Crippen LogP contribution in [0.4, 0.5) is 5.69 Å². The van der Waals surface area contributed by atoms with Gasteiger partial charge in [0.15, 0.2) is 0 Å². The first-order valence-electron chi connectivity index (χ1n) is 10.6. The van der Waals surface area contributed by atoms with Gasteiger partial charge in [0, 0.05) is 34.3 Å². The molecule has 0 unspecified atom stereocenters. The summed E-state index contributed by atoms with van der Waals surface area (Å²) in [6.07, 6.45) is 3.19. The molecule has 0 atom stereocenters. The zero-order valence-electron chi connectivity index (χ0n) is 18.7. The Bertz CT molecular complexity index is 1470. The Morgan fingerprint density at radius 1 is 1.09 bits per heavy atom. The third-order valence-corrected chi connectivity index (χ3v) is 6.21. The molecule has 3 aromatic carbocycles. The van der Waals surface area contributed by atoms with E-state index in [9.17, 15) is 13.2 Å². The average molecular weight is 477 g/mol. The first kappa shape index (κ1) is 23.3. The van der Waals surface area contributed by atoms with Gasteiger partial charge >= 0.3 is 0 Å². The summed E-state index contributed by atoms with van der Waals surface area (Å²) in [7, 11) is -3.80. The number of sulfonamides is 1. The summed E-state index contributed by atoms with van der Waals surface area (Å²) in [6, 6.07) is 19.4. The van der Waals surface area contributed by atoms with E-state index in [1.54, 1.807) is 6.26 Å². The molecule has 1 heterocycles. The first-order valence-corrected chi connectivity index (χ1v) is 12.2. The third-order valence-electron chi connectivity index (χ3n) is 5.28. The number of ether oxygens (including phenoxy) is 1. The summed E-state index contributed by atoms with van der Waals surface area (Å²) >= 11 is 0. The van der Waals surface area contributed by atoms with Crippen LogP contribution in [0.2, 0.25) is 0 Å². The normalized spacial score (nSPS) is 12.0. The largest absolute Gasteiger partial charge is 0.493 e. The number of fused-ring (bicyclic) bond motifs is 1. The van der Waals surface area contributed by atoms with Gasteiger partial charge in [-0.05, 0) is 55.3 Å². The topological polar surface area (TPSA) is 112 Å². The van der Waals surface area contributed by atoms with Crippen LogP contribution in [0.1, 0.15) is 19.4 Å². The molecular formula is C26H24N2O5S. The van der Waals surface area contributed by atoms with E-state index in [2.05, 4.69) is 5.32 Å². The molecule has 0 radical (unpaired) electrons. The minimum absolute atomic E-state index is 0.0267. The number of carbonyl (C=O) groups is 1. The van der Waals surface area contributed by atoms with Crippen molar-refractivity contribution in [3.8, 4) is 16.9 Å². The summed E-state index contributed by atoms with van der Waals surface area (Å²) < 4.78 is 34.4. The van der Waals surface area contributed by atoms with Gasteiger partial charge < -0.3 is 14.5 Å². The lowest BCUT2D eigenvalue weighted by molar-refractivity contribution is -0.111. The van der Waals surface area contributed by atoms with Gasteiger partial charge in [0.25, 0.3) is 0 Å². The van der Waals surface area contributed by atoms with Crippen molar-refractivity contribution in [1.29, 1.82) is 0 Å². The highest BCUT2D eigenvalue weighted by atomic mass is 32.2. The Morgan fingerprint density at radius 3 is 2.44 bits per heavy atom. The Labute approximate surface area is 197 Å². The van der Waals surface area contributed by atoms with E-state index >= 15 is 0 Å². The Morgan fingerprint density at radius 2 is 1.79 bits per heavy atom. The molecule has 8 heteroatoms. The van der Waals surface area contributed by atoms with Crippen molar-refractivity contribution in [3.63, 3.8) is 0 Å². The van der Waals surface area contributed by atoms with Crippen molar-refractivity contribution in [1.82, 2.24) is 0 Å². The fourth-order valence-corrected chi connectivity index (χ4v) is 4.18. The van der Waals surface area contributed by atoms with Crippen LogP contribution >= 0.6 is 0 Å². The van der Waals surface area contributed by atoms with Crippen molar-refractivity contribution in [2.24, 2.45) is 5.14 Å². The molecule has 34 heavy (non-hydrogen) atoms. The highest BCUT2D eigenvalue weighted by molar-refractivity contribution is 7.89. The average Bonchev–Trinajstić information content (AvgIpc) is 3.22. The standard InChI is InChI=1S/C26H24N2O5S/c1-3-32-24-15-25-22(23(16-33-25)18-7-5-4-6-8-18)14-21(24)17(2)13-26(29)28-19-9-11-20(12-10-19)34(27,30)31/h4-16H,3H2,1-2H3,(H,28,29)(H2,27,30,31)/b17-13+. The molecule has 174 valence electrons. The maximum Gasteiger partial charge on any atom is 0.248 e. The second-order valence-corrected chi connectivity index (χ2v) is 9.24. The summed E-state index contributed by atoms with van der Waals surface area (Å²) in [5.41, 5.74) is 4.59. The maximum absolute atomic E-state index is 12.7. The smallest absolute Gasteiger partial charge is 0.248 e. The monoisotopic (exact) mass is 476 g/mol. The molecule has 0 aliphatic heterocycles. The molecule has 4 rings (SSSR count). The molecule has 0 saturated heterocycles. The predicted molar refractivity (Wildman–Crippen MR) is 133 cm³/mol. The predicted octanol–water partition coefficient (Wildman–Crippen LogP) is 5.19. The molecule has 0 bridgehead atoms. The van der Waals surface area contributed by atoms with Gasteiger partial charge in [-0.2, -0.15) is 0 Å². The van der Waals surface area contributed by atoms with Crippen molar-refractivity contribution >= 4 is 38.2 Å². The number of allylic oxidation sites excluding steroid dienone is 1. The summed E-state index contributed by atoms with van der Waals surface area (Å²) in [6.45, 7) is 4.18. The van der Waals surface area contributed by atoms with Crippen LogP contribution in [0.25, 0.3) is 27.7 Å². The van der Waals surface area contributed by atoms with Gasteiger partial charge in [-0.25, -0.2) is 13.6 Å². The molecule has 1 aromatic heterocycles. The minimum atomic E-state index is -3.80. The van der Waals surface area contributed by atoms with E-state index in [0.29, 0.717) is 29.2 Å². The molecule has 0 fully saturated rings. The maximum atomic E-state index is 12.7. The van der Waals surface area contributed by atoms with E-state index in [1.165, 1.54) is 30.3 Å². The van der Waals surface area contributed by atoms with Gasteiger partial charge in [-0.1, -0.05) is 30.3 Å². The van der Waals surface area contributed by atoms with E-state index in [1.807, 2.05) is 56.3 Å². The van der Waals surface area contributed by atoms with Gasteiger partial charge in [0.1, 0.15) is 11.3 Å². The van der Waals surface area contributed by atoms with Gasteiger partial charge in [0.05, 0.1) is 17.8 Å². The van der Waals surface area contributed by atoms with Crippen LogP contribution in [0, 0.1) is 0 Å². The van der Waals surface area contributed by atoms with E-state index in [4.69, 9.17) is 14.3 Å². The fraction of sp³-hybridized carbons (Fsp3) is 0.115. The summed E-state index contributed by atoms with van der Waals surface area (Å²) in [4.78, 5) is 12.6. The number of amides is 1. The lowest BCUT2D eigenvalue weighted by Crippen LogP contribution is -2.12. The number of nitrogens with one attached hydrogen (secondary N) is 1. The summed E-state index contributed by atoms with van der Waals surface area (Å²) in [5, 5.41) is 8.76. The van der Waals surface area contributed by atoms with Crippen molar-refractivity contribution < 1.29 is 22.4 Å². The quantitative estimate of drug-likeness (QED) is 0.357. The molecule has 7 nitrogen and oxygen atoms in total. The number of hydrogen-bond acceptors (Lipinski definition) is 5. The number of hydrogen-bond donors (Lipinski definition) is 2. The molecule has 0 spiro atoms. The van der Waals surface area contributed by atoms with Crippen LogP contribution in [0.3, 0.4) is 0 Å². The summed E-state index contributed by atoms with van der Waals surface area (Å²) in [5.74, 6) is 0.252. The van der Waals surface area contributed by atoms with Gasteiger partial charge in [0.2, 0.25) is 15.9 Å². The highest BCUT2D eigenvalue weighted by Gasteiger charge is 2.15. The Kier molecular flexibility index (Phi) is 6.54. The Hall–Kier alpha value is -3.88. The molecule has 1 amide bonds. The molecule has 0 saturated carbocycles. The zero-order chi connectivity index (χ0) is 24.3. The van der Waals surface area contributed by atoms with Crippen molar-refractivity contribution in [2.45, 2.75) is 18.7 Å². The van der Waals surface area contributed by atoms with Crippen LogP contribution in [-0.2, 0) is 14.8 Å². The van der Waals surface area contributed by atoms with Crippen LogP contribution in [-0.4, -0.2) is 20.9 Å². The fourth-order valence-electron chi connectivity index (χ4n) is 3.66. The molecule has 0 aliphatic rings. The lowest BCUT2D eigenvalue weighted by atomic mass is 9.99. The van der Waals surface area contributed by atoms with E-state index in [-0.39, 0.29) is 10.8 Å². The number of nitrogens with two attached hydrogens (primary N) is 1. The van der Waals surface area contributed by atoms with Gasteiger partial charge in [-0.3, -0.25) is 4.79 Å². The minimum Gasteiger partial charge on any atom is -0.493 e. The molecule has 0 aliphatic carbocycles. The van der Waals surface area contributed by atoms with Crippen molar-refractivity contribution in [3.05, 3.63) is 84.6 Å². The number of rotatable bonds is 7. The first-order chi connectivity index (χ1) is 16.3. The zero-order valence-corrected chi connectivity index (χ0v) is 19.6. The molecule has 4 aromatic rings. The number of furan rings is 1. The number of primary sulfonamides is 1. The SMILES string of the molecule is CCOc1cc2occ(-c3ccccc3)c2cc1/C(C)=C/C(=O)Nc1ccc(S(N)(=O)=O)cc1. The Balaban J connectivity index is 1.66. The van der Waals surface area contributed by atoms with Crippen LogP contribution in [0.15, 0.2) is 88.4 Å². The highest BCUT2D eigenvalue weighted by Crippen LogP contribution is 2.37. The van der Waals surface area contributed by atoms with E-state index in [0.717, 1.165) is 22.1 Å². The van der Waals surface area contributed by atoms with Crippen LogP contribution < -0.4 is 15.2 Å². The number of carbonyl (C=O) groups excluding carboxylic acids is 1. The lowest BCUT2D eigenvalue weighted by Gasteiger charge is -2.12. The third kappa shape index (κ3) is 5.03. The second kappa shape index (κ2) is 9.54.